The van der Waals surface area contributed by atoms with Crippen LogP contribution in [-0.4, -0.2) is 54.4 Å². The van der Waals surface area contributed by atoms with Crippen LogP contribution in [0.5, 0.6) is 17.2 Å². The first-order chi connectivity index (χ1) is 16.4. The van der Waals surface area contributed by atoms with E-state index < -0.39 is 11.9 Å². The normalized spacial score (nSPS) is 10.7. The average molecular weight is 462 g/mol. The molecule has 0 fully saturated rings. The summed E-state index contributed by atoms with van der Waals surface area (Å²) in [6, 6.07) is 14.0. The lowest BCUT2D eigenvalue weighted by molar-refractivity contribution is -0.142. The zero-order valence-electron chi connectivity index (χ0n) is 18.8. The molecule has 4 aromatic rings. The second-order valence-corrected chi connectivity index (χ2v) is 7.14. The van der Waals surface area contributed by atoms with Crippen molar-refractivity contribution in [2.24, 2.45) is 5.73 Å². The maximum Gasteiger partial charge on any atom is 0.343 e. The quantitative estimate of drug-likeness (QED) is 0.396. The third-order valence-corrected chi connectivity index (χ3v) is 5.16. The first-order valence-electron chi connectivity index (χ1n) is 10.2. The van der Waals surface area contributed by atoms with Gasteiger partial charge in [-0.2, -0.15) is 5.10 Å². The molecule has 2 aromatic heterocycles. The Morgan fingerprint density at radius 2 is 1.65 bits per heavy atom. The molecule has 0 spiro atoms. The van der Waals surface area contributed by atoms with E-state index in [-0.39, 0.29) is 17.9 Å². The number of carbonyl (C=O) groups is 2. The van der Waals surface area contributed by atoms with E-state index in [0.717, 1.165) is 11.3 Å². The number of nitrogens with two attached hydrogens (primary N) is 1. The van der Waals surface area contributed by atoms with Crippen LogP contribution in [0, 0.1) is 0 Å². The summed E-state index contributed by atoms with van der Waals surface area (Å²) < 4.78 is 22.4. The van der Waals surface area contributed by atoms with Gasteiger partial charge >= 0.3 is 5.97 Å². The second kappa shape index (κ2) is 9.49. The number of carbonyl (C=O) groups excluding carboxylic acids is 2. The number of imidazole rings is 1. The highest BCUT2D eigenvalue weighted by Crippen LogP contribution is 2.33. The lowest BCUT2D eigenvalue weighted by Crippen LogP contribution is -2.17. The predicted molar refractivity (Wildman–Crippen MR) is 123 cm³/mol. The molecule has 0 aliphatic rings. The minimum atomic E-state index is -0.698. The van der Waals surface area contributed by atoms with E-state index in [1.807, 2.05) is 24.3 Å². The first-order valence-corrected chi connectivity index (χ1v) is 10.2. The minimum Gasteiger partial charge on any atom is -0.493 e. The van der Waals surface area contributed by atoms with Gasteiger partial charge in [-0.05, 0) is 48.5 Å². The van der Waals surface area contributed by atoms with Crippen LogP contribution in [0.2, 0.25) is 0 Å². The van der Waals surface area contributed by atoms with Gasteiger partial charge < -0.3 is 24.7 Å². The number of amides is 1. The molecule has 2 N–H and O–H groups in total. The lowest BCUT2D eigenvalue weighted by atomic mass is 10.1. The largest absolute Gasteiger partial charge is 0.493 e. The highest BCUT2D eigenvalue weighted by Gasteiger charge is 2.16. The Bertz CT molecular complexity index is 1380. The first kappa shape index (κ1) is 22.6. The Labute approximate surface area is 194 Å². The fourth-order valence-corrected chi connectivity index (χ4v) is 3.42. The van der Waals surface area contributed by atoms with Gasteiger partial charge in [0, 0.05) is 11.1 Å². The molecular weight excluding hydrogens is 440 g/mol. The van der Waals surface area contributed by atoms with Crippen LogP contribution in [-0.2, 0) is 9.53 Å². The van der Waals surface area contributed by atoms with Gasteiger partial charge in [0.25, 0.3) is 5.91 Å². The Hall–Kier alpha value is -4.60. The molecular formula is C24H22N4O6. The van der Waals surface area contributed by atoms with Crippen molar-refractivity contribution in [2.45, 2.75) is 0 Å². The highest BCUT2D eigenvalue weighted by atomic mass is 16.6. The van der Waals surface area contributed by atoms with Gasteiger partial charge in [0.1, 0.15) is 5.75 Å². The predicted octanol–water partition coefficient (Wildman–Crippen LogP) is 2.73. The van der Waals surface area contributed by atoms with Crippen LogP contribution >= 0.6 is 0 Å². The Kier molecular flexibility index (Phi) is 6.30. The van der Waals surface area contributed by atoms with Crippen LogP contribution in [0.1, 0.15) is 10.4 Å². The molecule has 1 amide bonds. The SMILES string of the molecule is COC(=O)COc1ccc(-c2ccc3ncc(-c4ccc(OC)c(OC)c4)n3n2)cc1C(N)=O. The number of nitrogens with zero attached hydrogens (tertiary/aromatic N) is 3. The van der Waals surface area contributed by atoms with Crippen LogP contribution in [0.15, 0.2) is 54.7 Å². The van der Waals surface area contributed by atoms with E-state index in [1.165, 1.54) is 7.11 Å². The van der Waals surface area contributed by atoms with E-state index in [9.17, 15) is 9.59 Å². The molecule has 0 saturated heterocycles. The molecule has 0 radical (unpaired) electrons. The zero-order chi connectivity index (χ0) is 24.2. The van der Waals surface area contributed by atoms with Gasteiger partial charge in [-0.1, -0.05) is 0 Å². The molecule has 0 bridgehead atoms. The summed E-state index contributed by atoms with van der Waals surface area (Å²) >= 11 is 0. The molecule has 4 rings (SSSR count). The number of hydrogen-bond acceptors (Lipinski definition) is 8. The molecule has 0 aliphatic heterocycles. The number of aromatic nitrogens is 3. The van der Waals surface area contributed by atoms with Gasteiger partial charge in [-0.3, -0.25) is 4.79 Å². The maximum atomic E-state index is 12.0. The van der Waals surface area contributed by atoms with E-state index in [1.54, 1.807) is 49.2 Å². The monoisotopic (exact) mass is 462 g/mol. The Morgan fingerprint density at radius 3 is 2.35 bits per heavy atom. The van der Waals surface area contributed by atoms with Crippen molar-refractivity contribution in [3.05, 3.63) is 60.3 Å². The summed E-state index contributed by atoms with van der Waals surface area (Å²) in [6.07, 6.45) is 1.71. The molecule has 0 saturated carbocycles. The van der Waals surface area contributed by atoms with Gasteiger partial charge in [0.15, 0.2) is 23.8 Å². The molecule has 2 aromatic carbocycles. The summed E-state index contributed by atoms with van der Waals surface area (Å²) in [5.74, 6) is 0.101. The number of ether oxygens (including phenoxy) is 4. The minimum absolute atomic E-state index is 0.119. The number of primary amides is 1. The smallest absolute Gasteiger partial charge is 0.343 e. The lowest BCUT2D eigenvalue weighted by Gasteiger charge is -2.11. The van der Waals surface area contributed by atoms with Crippen molar-refractivity contribution in [1.29, 1.82) is 0 Å². The van der Waals surface area contributed by atoms with Crippen molar-refractivity contribution in [2.75, 3.05) is 27.9 Å². The third-order valence-electron chi connectivity index (χ3n) is 5.16. The van der Waals surface area contributed by atoms with E-state index >= 15 is 0 Å². The summed E-state index contributed by atoms with van der Waals surface area (Å²) in [5.41, 5.74) is 9.08. The van der Waals surface area contributed by atoms with E-state index in [0.29, 0.717) is 28.4 Å². The number of fused-ring (bicyclic) bond motifs is 1. The topological polar surface area (TPSA) is 127 Å². The van der Waals surface area contributed by atoms with Gasteiger partial charge in [0.2, 0.25) is 0 Å². The van der Waals surface area contributed by atoms with Crippen LogP contribution in [0.4, 0.5) is 0 Å². The molecule has 2 heterocycles. The van der Waals surface area contributed by atoms with E-state index in [4.69, 9.17) is 25.0 Å². The molecule has 174 valence electrons. The number of rotatable bonds is 8. The van der Waals surface area contributed by atoms with Gasteiger partial charge in [0.05, 0.1) is 44.5 Å². The molecule has 0 aliphatic carbocycles. The fraction of sp³-hybridized carbons (Fsp3) is 0.167. The van der Waals surface area contributed by atoms with E-state index in [2.05, 4.69) is 9.72 Å². The molecule has 0 atom stereocenters. The highest BCUT2D eigenvalue weighted by molar-refractivity contribution is 5.97. The standard InChI is InChI=1S/C24H22N4O6/c1-31-20-8-5-15(11-21(20)32-2)18-12-26-22-9-6-17(27-28(18)22)14-4-7-19(16(10-14)24(25)30)34-13-23(29)33-3/h4-12H,13H2,1-3H3,(H2,25,30). The van der Waals surface area contributed by atoms with Crippen molar-refractivity contribution in [3.8, 4) is 39.8 Å². The summed E-state index contributed by atoms with van der Waals surface area (Å²) in [5, 5.41) is 4.71. The summed E-state index contributed by atoms with van der Waals surface area (Å²) in [6.45, 7) is -0.343. The van der Waals surface area contributed by atoms with Crippen molar-refractivity contribution < 1.29 is 28.5 Å². The molecule has 10 nitrogen and oxygen atoms in total. The zero-order valence-corrected chi connectivity index (χ0v) is 18.8. The summed E-state index contributed by atoms with van der Waals surface area (Å²) in [7, 11) is 4.39. The number of hydrogen-bond donors (Lipinski definition) is 1. The van der Waals surface area contributed by atoms with Crippen molar-refractivity contribution in [3.63, 3.8) is 0 Å². The maximum absolute atomic E-state index is 12.0. The van der Waals surface area contributed by atoms with Crippen molar-refractivity contribution in [1.82, 2.24) is 14.6 Å². The summed E-state index contributed by atoms with van der Waals surface area (Å²) in [4.78, 5) is 27.8. The third kappa shape index (κ3) is 4.33. The fourth-order valence-electron chi connectivity index (χ4n) is 3.42. The van der Waals surface area contributed by atoms with Crippen LogP contribution < -0.4 is 19.9 Å². The average Bonchev–Trinajstić information content (AvgIpc) is 3.29. The van der Waals surface area contributed by atoms with Gasteiger partial charge in [-0.15, -0.1) is 0 Å². The van der Waals surface area contributed by atoms with Crippen LogP contribution in [0.25, 0.3) is 28.2 Å². The number of esters is 1. The number of benzene rings is 2. The van der Waals surface area contributed by atoms with Crippen LogP contribution in [0.3, 0.4) is 0 Å². The van der Waals surface area contributed by atoms with Gasteiger partial charge in [-0.25, -0.2) is 14.3 Å². The molecule has 34 heavy (non-hydrogen) atoms. The molecule has 0 unspecified atom stereocenters. The Balaban J connectivity index is 1.74. The Morgan fingerprint density at radius 1 is 0.912 bits per heavy atom. The number of methoxy groups -OCH3 is 3. The molecule has 10 heteroatoms. The second-order valence-electron chi connectivity index (χ2n) is 7.14. The van der Waals surface area contributed by atoms with Crippen molar-refractivity contribution >= 4 is 17.5 Å².